The molecule has 0 spiro atoms. The third kappa shape index (κ3) is 5.85. The highest BCUT2D eigenvalue weighted by Crippen LogP contribution is 2.31. The van der Waals surface area contributed by atoms with Crippen molar-refractivity contribution in [3.8, 4) is 0 Å². The van der Waals surface area contributed by atoms with Crippen molar-refractivity contribution in [1.29, 1.82) is 0 Å². The number of carbonyl (C=O) groups excluding carboxylic acids is 1. The topological polar surface area (TPSA) is 46.1 Å². The minimum Gasteiger partial charge on any atom is -0.284 e. The lowest BCUT2D eigenvalue weighted by atomic mass is 10.2. The van der Waals surface area contributed by atoms with E-state index in [4.69, 9.17) is 16.6 Å². The number of thiazole rings is 1. The van der Waals surface area contributed by atoms with Gasteiger partial charge in [-0.1, -0.05) is 35.1 Å². The largest absolute Gasteiger partial charge is 0.284 e. The Labute approximate surface area is 195 Å². The molecule has 4 rings (SSSR count). The first-order valence-electron chi connectivity index (χ1n) is 10.0. The highest BCUT2D eigenvalue weighted by molar-refractivity contribution is 7.99. The normalized spacial score (nSPS) is 11.0. The van der Waals surface area contributed by atoms with Gasteiger partial charge in [-0.2, -0.15) is 0 Å². The lowest BCUT2D eigenvalue weighted by molar-refractivity contribution is -0.118. The van der Waals surface area contributed by atoms with Crippen LogP contribution < -0.4 is 4.90 Å². The summed E-state index contributed by atoms with van der Waals surface area (Å²) in [4.78, 5) is 25.1. The minimum absolute atomic E-state index is 0.0799. The fraction of sp³-hybridized carbons (Fsp3) is 0.208. The van der Waals surface area contributed by atoms with Crippen molar-refractivity contribution in [3.05, 3.63) is 83.1 Å². The molecule has 0 aliphatic heterocycles. The van der Waals surface area contributed by atoms with Gasteiger partial charge < -0.3 is 0 Å². The molecular formula is C24H22ClN3OS2. The van der Waals surface area contributed by atoms with Gasteiger partial charge in [-0.3, -0.25) is 14.7 Å². The van der Waals surface area contributed by atoms with Gasteiger partial charge in [0.25, 0.3) is 0 Å². The molecule has 4 aromatic rings. The van der Waals surface area contributed by atoms with Crippen LogP contribution in [0.5, 0.6) is 0 Å². The number of thioether (sulfide) groups is 1. The number of benzene rings is 2. The highest BCUT2D eigenvalue weighted by atomic mass is 35.5. The fourth-order valence-electron chi connectivity index (χ4n) is 3.15. The number of hydrogen-bond acceptors (Lipinski definition) is 5. The number of fused-ring (bicyclic) bond motifs is 1. The van der Waals surface area contributed by atoms with Crippen LogP contribution in [0, 0.1) is 6.92 Å². The zero-order valence-electron chi connectivity index (χ0n) is 17.1. The molecule has 2 aromatic carbocycles. The summed E-state index contributed by atoms with van der Waals surface area (Å²) in [5.74, 6) is 0.948. The summed E-state index contributed by atoms with van der Waals surface area (Å²) in [5, 5.41) is 1.47. The van der Waals surface area contributed by atoms with Gasteiger partial charge in [0.05, 0.1) is 16.8 Å². The standard InChI is InChI=1S/C24H22ClN3OS2/c1-17-6-11-21-22(14-17)31-24(27-21)28(16-18-4-2-12-26-15-18)23(29)5-3-13-30-20-9-7-19(25)8-10-20/h2,4,6-12,14-15H,3,5,13,16H2,1H3. The second-order valence-corrected chi connectivity index (χ2v) is 9.83. The Morgan fingerprint density at radius 1 is 1.16 bits per heavy atom. The van der Waals surface area contributed by atoms with Crippen molar-refractivity contribution in [2.24, 2.45) is 0 Å². The van der Waals surface area contributed by atoms with Crippen molar-refractivity contribution >= 4 is 56.0 Å². The quantitative estimate of drug-likeness (QED) is 0.212. The van der Waals surface area contributed by atoms with Gasteiger partial charge in [-0.15, -0.1) is 11.8 Å². The van der Waals surface area contributed by atoms with Crippen LogP contribution in [0.15, 0.2) is 71.9 Å². The van der Waals surface area contributed by atoms with Crippen molar-refractivity contribution in [2.45, 2.75) is 31.2 Å². The Balaban J connectivity index is 1.46. The summed E-state index contributed by atoms with van der Waals surface area (Å²) < 4.78 is 1.09. The Morgan fingerprint density at radius 2 is 2.00 bits per heavy atom. The van der Waals surface area contributed by atoms with Crippen LogP contribution in [0.4, 0.5) is 5.13 Å². The maximum Gasteiger partial charge on any atom is 0.229 e. The molecule has 0 fully saturated rings. The molecule has 31 heavy (non-hydrogen) atoms. The summed E-state index contributed by atoms with van der Waals surface area (Å²) in [6.45, 7) is 2.53. The summed E-state index contributed by atoms with van der Waals surface area (Å²) in [7, 11) is 0. The number of anilines is 1. The molecule has 2 heterocycles. The number of pyridine rings is 1. The molecule has 0 bridgehead atoms. The lowest BCUT2D eigenvalue weighted by Gasteiger charge is -2.20. The molecule has 2 aromatic heterocycles. The molecule has 0 N–H and O–H groups in total. The van der Waals surface area contributed by atoms with E-state index in [1.54, 1.807) is 40.4 Å². The molecule has 158 valence electrons. The first-order valence-corrected chi connectivity index (χ1v) is 12.2. The van der Waals surface area contributed by atoms with Crippen molar-refractivity contribution < 1.29 is 4.79 Å². The van der Waals surface area contributed by atoms with E-state index in [0.717, 1.165) is 43.0 Å². The second-order valence-electron chi connectivity index (χ2n) is 7.21. The summed E-state index contributed by atoms with van der Waals surface area (Å²) in [5.41, 5.74) is 3.10. The van der Waals surface area contributed by atoms with Gasteiger partial charge in [0.1, 0.15) is 0 Å². The minimum atomic E-state index is 0.0799. The van der Waals surface area contributed by atoms with Crippen LogP contribution in [0.25, 0.3) is 10.2 Å². The molecule has 0 aliphatic rings. The molecule has 0 saturated carbocycles. The van der Waals surface area contributed by atoms with Gasteiger partial charge in [0.15, 0.2) is 5.13 Å². The Morgan fingerprint density at radius 3 is 2.77 bits per heavy atom. The number of amides is 1. The summed E-state index contributed by atoms with van der Waals surface area (Å²) >= 11 is 9.24. The van der Waals surface area contributed by atoms with E-state index in [9.17, 15) is 4.79 Å². The molecular weight excluding hydrogens is 446 g/mol. The highest BCUT2D eigenvalue weighted by Gasteiger charge is 2.20. The van der Waals surface area contributed by atoms with Crippen molar-refractivity contribution in [3.63, 3.8) is 0 Å². The fourth-order valence-corrected chi connectivity index (χ4v) is 5.21. The predicted molar refractivity (Wildman–Crippen MR) is 131 cm³/mol. The van der Waals surface area contributed by atoms with Gasteiger partial charge in [-0.05, 0) is 72.7 Å². The Hall–Kier alpha value is -2.41. The van der Waals surface area contributed by atoms with Gasteiger partial charge in [-0.25, -0.2) is 4.98 Å². The van der Waals surface area contributed by atoms with Crippen LogP contribution in [0.3, 0.4) is 0 Å². The lowest BCUT2D eigenvalue weighted by Crippen LogP contribution is -2.30. The van der Waals surface area contributed by atoms with Crippen LogP contribution in [-0.4, -0.2) is 21.6 Å². The van der Waals surface area contributed by atoms with E-state index >= 15 is 0 Å². The van der Waals surface area contributed by atoms with Crippen LogP contribution in [0.2, 0.25) is 5.02 Å². The maximum absolute atomic E-state index is 13.2. The number of carbonyl (C=O) groups is 1. The van der Waals surface area contributed by atoms with Crippen molar-refractivity contribution in [1.82, 2.24) is 9.97 Å². The third-order valence-corrected chi connectivity index (χ3v) is 7.14. The molecule has 0 aliphatic carbocycles. The third-order valence-electron chi connectivity index (χ3n) is 4.75. The van der Waals surface area contributed by atoms with Gasteiger partial charge >= 0.3 is 0 Å². The number of aromatic nitrogens is 2. The number of halogens is 1. The van der Waals surface area contributed by atoms with Gasteiger partial charge in [0.2, 0.25) is 5.91 Å². The molecule has 0 unspecified atom stereocenters. The van der Waals surface area contributed by atoms with Gasteiger partial charge in [0, 0.05) is 28.7 Å². The van der Waals surface area contributed by atoms with Crippen molar-refractivity contribution in [2.75, 3.05) is 10.7 Å². The molecule has 4 nitrogen and oxygen atoms in total. The number of rotatable bonds is 8. The molecule has 0 saturated heterocycles. The molecule has 0 radical (unpaired) electrons. The van der Waals surface area contributed by atoms with Crippen LogP contribution in [0.1, 0.15) is 24.0 Å². The van der Waals surface area contributed by atoms with E-state index in [1.807, 2.05) is 48.5 Å². The molecule has 0 atom stereocenters. The average Bonchev–Trinajstić information content (AvgIpc) is 3.19. The van der Waals surface area contributed by atoms with E-state index in [1.165, 1.54) is 5.56 Å². The van der Waals surface area contributed by atoms with E-state index < -0.39 is 0 Å². The zero-order valence-corrected chi connectivity index (χ0v) is 19.5. The molecule has 7 heteroatoms. The monoisotopic (exact) mass is 467 g/mol. The first kappa shape index (κ1) is 21.8. The van der Waals surface area contributed by atoms with Crippen LogP contribution >= 0.6 is 34.7 Å². The van der Waals surface area contributed by atoms with E-state index in [-0.39, 0.29) is 5.91 Å². The Kier molecular flexibility index (Phi) is 7.22. The maximum atomic E-state index is 13.2. The van der Waals surface area contributed by atoms with E-state index in [0.29, 0.717) is 13.0 Å². The average molecular weight is 468 g/mol. The number of hydrogen-bond donors (Lipinski definition) is 0. The first-order chi connectivity index (χ1) is 15.1. The SMILES string of the molecule is Cc1ccc2nc(N(Cc3cccnc3)C(=O)CCCSc3ccc(Cl)cc3)sc2c1. The Bertz CT molecular complexity index is 1160. The predicted octanol–water partition coefficient (Wildman–Crippen LogP) is 6.76. The number of aryl methyl sites for hydroxylation is 1. The van der Waals surface area contributed by atoms with Crippen LogP contribution in [-0.2, 0) is 11.3 Å². The molecule has 1 amide bonds. The summed E-state index contributed by atoms with van der Waals surface area (Å²) in [6.07, 6.45) is 4.80. The smallest absolute Gasteiger partial charge is 0.229 e. The second kappa shape index (κ2) is 10.3. The number of nitrogens with zero attached hydrogens (tertiary/aromatic N) is 3. The van der Waals surface area contributed by atoms with E-state index in [2.05, 4.69) is 18.0 Å². The zero-order chi connectivity index (χ0) is 21.6. The summed E-state index contributed by atoms with van der Waals surface area (Å²) in [6, 6.07) is 17.8.